The van der Waals surface area contributed by atoms with Crippen molar-refractivity contribution in [3.05, 3.63) is 83.6 Å². The number of aromatic amines is 2. The monoisotopic (exact) mass is 784 g/mol. The molecule has 4 rings (SSSR count). The molecule has 0 radical (unpaired) electrons. The molecule has 2 N–H and O–H groups in total. The Balaban J connectivity index is 1.29. The first-order valence-corrected chi connectivity index (χ1v) is 19.1. The number of benzene rings is 1. The van der Waals surface area contributed by atoms with Gasteiger partial charge in [0.05, 0.1) is 0 Å². The van der Waals surface area contributed by atoms with E-state index in [1.54, 1.807) is 0 Å². The molecule has 21 heteroatoms. The van der Waals surface area contributed by atoms with Crippen molar-refractivity contribution < 1.29 is 46.1 Å². The standard InChI is InChI=1S/C26H33FN4O12P2SSe/c1-3-7-18-23(33)28-25(34)31(24(18)47-17-8-5-4-6-9-17)15-39-10-11-40-44(35,36)43-45(37,38)41-14-20-19(27)12-21(42-20)30-13-16(2)22(32)29-26(30)46/h4-6,8-9,13,19-21H,3,7,10-12,14-15H2,1-2H3,(H,35,36)(H,37,38)(H,28,33,34)(H,29,32,46)/p-2/t19-,20?,21+/m0/s1. The first kappa shape index (κ1) is 37.4. The summed E-state index contributed by atoms with van der Waals surface area (Å²) < 4.78 is 67.0. The fraction of sp³-hybridized carbons (Fsp3) is 0.462. The van der Waals surface area contributed by atoms with Gasteiger partial charge in [-0.2, -0.15) is 0 Å². The van der Waals surface area contributed by atoms with Gasteiger partial charge in [0.1, 0.15) is 18.5 Å². The average Bonchev–Trinajstić information content (AvgIpc) is 3.37. The van der Waals surface area contributed by atoms with E-state index >= 15 is 0 Å². The van der Waals surface area contributed by atoms with Gasteiger partial charge in [-0.3, -0.25) is 14.3 Å². The molecular weight excluding hydrogens is 752 g/mol. The van der Waals surface area contributed by atoms with Gasteiger partial charge in [-0.05, 0) is 19.1 Å². The summed E-state index contributed by atoms with van der Waals surface area (Å²) in [6.45, 7) is 1.01. The Bertz CT molecular complexity index is 1890. The fourth-order valence-corrected chi connectivity index (χ4v) is 8.92. The van der Waals surface area contributed by atoms with E-state index in [0.717, 1.165) is 4.46 Å². The third-order valence-corrected chi connectivity index (χ3v) is 11.9. The number of rotatable bonds is 16. The van der Waals surface area contributed by atoms with Gasteiger partial charge < -0.3 is 4.74 Å². The van der Waals surface area contributed by atoms with E-state index in [9.17, 15) is 37.7 Å². The summed E-state index contributed by atoms with van der Waals surface area (Å²) in [4.78, 5) is 66.0. The summed E-state index contributed by atoms with van der Waals surface area (Å²) in [5.74, 6) is 0. The van der Waals surface area contributed by atoms with E-state index in [1.165, 1.54) is 22.3 Å². The predicted octanol–water partition coefficient (Wildman–Crippen LogP) is -0.0417. The molecule has 3 unspecified atom stereocenters. The molecule has 1 aromatic carbocycles. The zero-order chi connectivity index (χ0) is 34.4. The van der Waals surface area contributed by atoms with Crippen LogP contribution in [-0.4, -0.2) is 66.2 Å². The number of phosphoric ester groups is 2. The zero-order valence-electron chi connectivity index (χ0n) is 25.0. The molecule has 0 saturated carbocycles. The van der Waals surface area contributed by atoms with Gasteiger partial charge in [0, 0.05) is 18.2 Å². The minimum atomic E-state index is -5.57. The van der Waals surface area contributed by atoms with Gasteiger partial charge in [0.15, 0.2) is 4.77 Å². The van der Waals surface area contributed by atoms with Crippen LogP contribution in [0.5, 0.6) is 0 Å². The van der Waals surface area contributed by atoms with Crippen LogP contribution in [-0.2, 0) is 45.1 Å². The van der Waals surface area contributed by atoms with E-state index in [0.29, 0.717) is 23.0 Å². The molecule has 1 fully saturated rings. The van der Waals surface area contributed by atoms with Crippen molar-refractivity contribution in [1.82, 2.24) is 19.1 Å². The van der Waals surface area contributed by atoms with Crippen molar-refractivity contribution in [2.24, 2.45) is 0 Å². The predicted molar refractivity (Wildman–Crippen MR) is 165 cm³/mol. The molecule has 1 aliphatic rings. The van der Waals surface area contributed by atoms with Crippen molar-refractivity contribution >= 4 is 51.9 Å². The summed E-state index contributed by atoms with van der Waals surface area (Å²) in [5.41, 5.74) is -0.914. The van der Waals surface area contributed by atoms with Gasteiger partial charge in [-0.15, -0.1) is 0 Å². The second-order valence-corrected chi connectivity index (χ2v) is 15.7. The van der Waals surface area contributed by atoms with Crippen LogP contribution in [0.2, 0.25) is 0 Å². The number of H-pyrrole nitrogens is 2. The number of aryl methyl sites for hydroxylation is 1. The molecule has 0 amide bonds. The van der Waals surface area contributed by atoms with Crippen molar-refractivity contribution in [2.75, 3.05) is 19.8 Å². The SMILES string of the molecule is CCCc1c([Se]c2ccccc2)n(COCCOP(=O)([O-])OP(=O)([O-])OCC2O[C@@H](n3cc(C)c(=O)[nH]c3=S)C[C@@H]2F)c(=O)[nH]c1=O. The van der Waals surface area contributed by atoms with Crippen LogP contribution < -0.4 is 35.6 Å². The molecule has 2 aromatic heterocycles. The van der Waals surface area contributed by atoms with Crippen LogP contribution in [0.1, 0.15) is 37.1 Å². The summed E-state index contributed by atoms with van der Waals surface area (Å²) in [6.07, 6.45) is -1.95. The van der Waals surface area contributed by atoms with Crippen molar-refractivity contribution in [2.45, 2.75) is 58.3 Å². The molecule has 0 bridgehead atoms. The van der Waals surface area contributed by atoms with Gasteiger partial charge in [0.2, 0.25) is 0 Å². The molecule has 3 heterocycles. The molecule has 1 saturated heterocycles. The van der Waals surface area contributed by atoms with Crippen LogP contribution in [0, 0.1) is 11.7 Å². The first-order valence-electron chi connectivity index (χ1n) is 14.1. The summed E-state index contributed by atoms with van der Waals surface area (Å²) in [6, 6.07) is 9.23. The summed E-state index contributed by atoms with van der Waals surface area (Å²) >= 11 is 4.63. The molecule has 1 aliphatic heterocycles. The topological polar surface area (TPSA) is 219 Å². The third-order valence-electron chi connectivity index (χ3n) is 6.61. The molecule has 258 valence electrons. The van der Waals surface area contributed by atoms with Gasteiger partial charge >= 0.3 is 189 Å². The molecule has 47 heavy (non-hydrogen) atoms. The Hall–Kier alpha value is -2.37. The fourth-order valence-electron chi connectivity index (χ4n) is 4.40. The zero-order valence-corrected chi connectivity index (χ0v) is 29.3. The second-order valence-electron chi connectivity index (χ2n) is 10.1. The van der Waals surface area contributed by atoms with E-state index in [-0.39, 0.29) is 23.5 Å². The third kappa shape index (κ3) is 10.3. The Labute approximate surface area is 278 Å². The van der Waals surface area contributed by atoms with E-state index < -0.39 is 85.7 Å². The number of aromatic nitrogens is 4. The molecule has 5 atom stereocenters. The minimum absolute atomic E-state index is 0.0360. The van der Waals surface area contributed by atoms with Gasteiger partial charge in [-0.1, -0.05) is 0 Å². The van der Waals surface area contributed by atoms with Crippen LogP contribution in [0.4, 0.5) is 4.39 Å². The van der Waals surface area contributed by atoms with E-state index in [2.05, 4.69) is 23.3 Å². The number of phosphoric acid groups is 2. The first-order chi connectivity index (χ1) is 22.2. The normalized spacial score (nSPS) is 20.6. The number of nitrogens with one attached hydrogen (secondary N) is 2. The Kier molecular flexibility index (Phi) is 13.0. The Morgan fingerprint density at radius 2 is 1.79 bits per heavy atom. The quantitative estimate of drug-likeness (QED) is 0.0845. The Morgan fingerprint density at radius 1 is 1.09 bits per heavy atom. The maximum atomic E-state index is 14.6. The summed E-state index contributed by atoms with van der Waals surface area (Å²) in [5, 5.41) is 0. The van der Waals surface area contributed by atoms with Crippen LogP contribution in [0.25, 0.3) is 0 Å². The molecule has 0 spiro atoms. The molecule has 0 aliphatic carbocycles. The van der Waals surface area contributed by atoms with Gasteiger partial charge in [0.25, 0.3) is 5.56 Å². The maximum absolute atomic E-state index is 14.6. The number of ether oxygens (including phenoxy) is 2. The molecular formula is C26H31FN4O12P2SSe-2. The number of hydrogen-bond donors (Lipinski definition) is 2. The average molecular weight is 784 g/mol. The second kappa shape index (κ2) is 16.4. The van der Waals surface area contributed by atoms with Crippen molar-refractivity contribution in [3.8, 4) is 0 Å². The Morgan fingerprint density at radius 3 is 2.49 bits per heavy atom. The summed E-state index contributed by atoms with van der Waals surface area (Å²) in [7, 11) is -11.1. The molecule has 16 nitrogen and oxygen atoms in total. The van der Waals surface area contributed by atoms with Gasteiger partial charge in [-0.25, -0.2) is 4.39 Å². The van der Waals surface area contributed by atoms with Crippen molar-refractivity contribution in [1.29, 1.82) is 0 Å². The van der Waals surface area contributed by atoms with E-state index in [4.69, 9.17) is 21.7 Å². The molecule has 3 aromatic rings. The number of halogens is 1. The van der Waals surface area contributed by atoms with Crippen molar-refractivity contribution in [3.63, 3.8) is 0 Å². The van der Waals surface area contributed by atoms with E-state index in [1.807, 2.05) is 37.3 Å². The number of hydrogen-bond acceptors (Lipinski definition) is 13. The van der Waals surface area contributed by atoms with Crippen LogP contribution in [0.3, 0.4) is 0 Å². The number of alkyl halides is 1. The number of nitrogens with zero attached hydrogens (tertiary/aromatic N) is 2. The van der Waals surface area contributed by atoms with Crippen LogP contribution in [0.15, 0.2) is 50.9 Å². The van der Waals surface area contributed by atoms with Crippen LogP contribution >= 0.6 is 27.9 Å².